The predicted molar refractivity (Wildman–Crippen MR) is 72.3 cm³/mol. The lowest BCUT2D eigenvalue weighted by Crippen LogP contribution is -2.54. The standard InChI is InChI=1S/C13H19N3O5/c1-7-5-15(10-3-8(18)9(6-17)21-10)13(19)16-11(20-2)4-14-12(7)16/h5,8-11,17-18H,3-4,6H2,1-2H3/t8-,9+,10+,11?/m0/s1. The van der Waals surface area contributed by atoms with Crippen molar-refractivity contribution in [3.8, 4) is 0 Å². The molecule has 0 aromatic heterocycles. The molecule has 3 aliphatic rings. The van der Waals surface area contributed by atoms with E-state index in [-0.39, 0.29) is 19.1 Å². The van der Waals surface area contributed by atoms with Gasteiger partial charge in [-0.2, -0.15) is 0 Å². The number of aliphatic hydroxyl groups excluding tert-OH is 2. The molecule has 1 saturated heterocycles. The van der Waals surface area contributed by atoms with Gasteiger partial charge in [-0.15, -0.1) is 0 Å². The number of amides is 2. The van der Waals surface area contributed by atoms with Crippen LogP contribution in [0, 0.1) is 0 Å². The van der Waals surface area contributed by atoms with Gasteiger partial charge in [-0.3, -0.25) is 9.89 Å². The highest BCUT2D eigenvalue weighted by Gasteiger charge is 2.45. The Hall–Kier alpha value is -1.48. The van der Waals surface area contributed by atoms with Crippen LogP contribution in [0.3, 0.4) is 0 Å². The van der Waals surface area contributed by atoms with Gasteiger partial charge in [0.1, 0.15) is 18.2 Å². The molecule has 8 nitrogen and oxygen atoms in total. The summed E-state index contributed by atoms with van der Waals surface area (Å²) in [4.78, 5) is 19.9. The SMILES string of the molecule is COC1CN=C2C(C)=CN([C@H]3C[C@H](O)[C@@H](CO)O3)C(=O)N21. The maximum atomic E-state index is 12.6. The Morgan fingerprint density at radius 2 is 2.33 bits per heavy atom. The van der Waals surface area contributed by atoms with Crippen LogP contribution in [0.15, 0.2) is 16.8 Å². The number of carbonyl (C=O) groups excluding carboxylic acids is 1. The summed E-state index contributed by atoms with van der Waals surface area (Å²) in [6, 6.07) is -0.292. The molecule has 0 saturated carbocycles. The molecule has 1 unspecified atom stereocenters. The van der Waals surface area contributed by atoms with E-state index in [4.69, 9.17) is 14.6 Å². The number of nitrogens with zero attached hydrogens (tertiary/aromatic N) is 3. The molecule has 2 amide bonds. The third kappa shape index (κ3) is 2.24. The minimum Gasteiger partial charge on any atom is -0.394 e. The first kappa shape index (κ1) is 14.5. The summed E-state index contributed by atoms with van der Waals surface area (Å²) in [6.07, 6.45) is -0.527. The molecule has 21 heavy (non-hydrogen) atoms. The zero-order valence-corrected chi connectivity index (χ0v) is 12.0. The minimum atomic E-state index is -0.784. The number of hydrogen-bond acceptors (Lipinski definition) is 6. The van der Waals surface area contributed by atoms with Crippen LogP contribution in [0.5, 0.6) is 0 Å². The number of fused-ring (bicyclic) bond motifs is 1. The number of methoxy groups -OCH3 is 1. The Morgan fingerprint density at radius 1 is 1.57 bits per heavy atom. The lowest BCUT2D eigenvalue weighted by Gasteiger charge is -2.36. The predicted octanol–water partition coefficient (Wildman–Crippen LogP) is -0.519. The zero-order chi connectivity index (χ0) is 15.1. The number of aliphatic hydroxyl groups is 2. The van der Waals surface area contributed by atoms with Crippen LogP contribution in [0.2, 0.25) is 0 Å². The largest absolute Gasteiger partial charge is 0.394 e. The summed E-state index contributed by atoms with van der Waals surface area (Å²) in [5.74, 6) is 0.611. The van der Waals surface area contributed by atoms with Crippen LogP contribution in [-0.2, 0) is 9.47 Å². The quantitative estimate of drug-likeness (QED) is 0.731. The molecule has 0 spiro atoms. The first-order valence-corrected chi connectivity index (χ1v) is 6.88. The van der Waals surface area contributed by atoms with Crippen molar-refractivity contribution in [2.75, 3.05) is 20.3 Å². The average molecular weight is 297 g/mol. The molecule has 4 atom stereocenters. The lowest BCUT2D eigenvalue weighted by atomic mass is 10.1. The molecule has 116 valence electrons. The van der Waals surface area contributed by atoms with Gasteiger partial charge in [0.25, 0.3) is 0 Å². The Bertz CT molecular complexity index is 506. The van der Waals surface area contributed by atoms with Gasteiger partial charge in [-0.05, 0) is 6.92 Å². The summed E-state index contributed by atoms with van der Waals surface area (Å²) < 4.78 is 10.8. The summed E-state index contributed by atoms with van der Waals surface area (Å²) in [7, 11) is 1.53. The van der Waals surface area contributed by atoms with E-state index in [9.17, 15) is 9.90 Å². The summed E-state index contributed by atoms with van der Waals surface area (Å²) in [6.45, 7) is 1.99. The first-order chi connectivity index (χ1) is 10.1. The van der Waals surface area contributed by atoms with Crippen LogP contribution >= 0.6 is 0 Å². The molecule has 3 heterocycles. The fraction of sp³-hybridized carbons (Fsp3) is 0.692. The monoisotopic (exact) mass is 297 g/mol. The molecule has 3 aliphatic heterocycles. The van der Waals surface area contributed by atoms with Crippen molar-refractivity contribution in [2.24, 2.45) is 4.99 Å². The second kappa shape index (κ2) is 5.38. The summed E-state index contributed by atoms with van der Waals surface area (Å²) in [5, 5.41) is 19.0. The second-order valence-electron chi connectivity index (χ2n) is 5.34. The van der Waals surface area contributed by atoms with Crippen molar-refractivity contribution in [3.05, 3.63) is 11.8 Å². The van der Waals surface area contributed by atoms with E-state index in [0.717, 1.165) is 5.57 Å². The van der Waals surface area contributed by atoms with Crippen molar-refractivity contribution >= 4 is 11.9 Å². The van der Waals surface area contributed by atoms with Gasteiger partial charge in [-0.25, -0.2) is 9.69 Å². The number of urea groups is 1. The maximum Gasteiger partial charge on any atom is 0.334 e. The molecular formula is C13H19N3O5. The molecule has 0 aromatic carbocycles. The van der Waals surface area contributed by atoms with Gasteiger partial charge in [0.2, 0.25) is 0 Å². The van der Waals surface area contributed by atoms with Gasteiger partial charge in [-0.1, -0.05) is 0 Å². The molecule has 8 heteroatoms. The van der Waals surface area contributed by atoms with Crippen molar-refractivity contribution in [1.29, 1.82) is 0 Å². The van der Waals surface area contributed by atoms with Crippen molar-refractivity contribution in [1.82, 2.24) is 9.80 Å². The van der Waals surface area contributed by atoms with Gasteiger partial charge in [0.05, 0.1) is 19.3 Å². The number of ether oxygens (including phenoxy) is 2. The topological polar surface area (TPSA) is 94.8 Å². The third-order valence-corrected chi connectivity index (χ3v) is 3.99. The summed E-state index contributed by atoms with van der Waals surface area (Å²) in [5.41, 5.74) is 0.833. The number of aliphatic imine (C=N–C) groups is 1. The normalized spacial score (nSPS) is 35.9. The number of carbonyl (C=O) groups is 1. The third-order valence-electron chi connectivity index (χ3n) is 3.99. The molecule has 1 fully saturated rings. The maximum absolute atomic E-state index is 12.6. The van der Waals surface area contributed by atoms with Crippen LogP contribution < -0.4 is 0 Å². The fourth-order valence-corrected chi connectivity index (χ4v) is 2.87. The highest BCUT2D eigenvalue weighted by molar-refractivity contribution is 6.10. The van der Waals surface area contributed by atoms with Crippen LogP contribution in [0.25, 0.3) is 0 Å². The Balaban J connectivity index is 1.84. The van der Waals surface area contributed by atoms with Gasteiger partial charge >= 0.3 is 6.03 Å². The molecule has 3 rings (SSSR count). The van der Waals surface area contributed by atoms with Crippen LogP contribution in [0.1, 0.15) is 13.3 Å². The molecule has 2 N–H and O–H groups in total. The Morgan fingerprint density at radius 3 is 2.95 bits per heavy atom. The summed E-state index contributed by atoms with van der Waals surface area (Å²) >= 11 is 0. The fourth-order valence-electron chi connectivity index (χ4n) is 2.87. The number of hydrogen-bond donors (Lipinski definition) is 2. The zero-order valence-electron chi connectivity index (χ0n) is 12.0. The highest BCUT2D eigenvalue weighted by atomic mass is 16.5. The van der Waals surface area contributed by atoms with E-state index in [1.165, 1.54) is 16.9 Å². The van der Waals surface area contributed by atoms with E-state index in [1.807, 2.05) is 6.92 Å². The molecular weight excluding hydrogens is 278 g/mol. The minimum absolute atomic E-state index is 0.263. The van der Waals surface area contributed by atoms with E-state index < -0.39 is 24.7 Å². The van der Waals surface area contributed by atoms with Gasteiger partial charge in [0.15, 0.2) is 6.23 Å². The molecule has 0 radical (unpaired) electrons. The second-order valence-corrected chi connectivity index (χ2v) is 5.34. The van der Waals surface area contributed by atoms with E-state index in [1.54, 1.807) is 6.20 Å². The van der Waals surface area contributed by atoms with Gasteiger partial charge in [0, 0.05) is 25.3 Å². The Kier molecular flexibility index (Phi) is 3.70. The molecule has 0 bridgehead atoms. The lowest BCUT2D eigenvalue weighted by molar-refractivity contribution is -0.0597. The van der Waals surface area contributed by atoms with Crippen molar-refractivity contribution in [3.63, 3.8) is 0 Å². The Labute approximate surface area is 122 Å². The van der Waals surface area contributed by atoms with Crippen molar-refractivity contribution in [2.45, 2.75) is 38.0 Å². The van der Waals surface area contributed by atoms with Crippen LogP contribution in [-0.4, -0.2) is 76.8 Å². The number of rotatable bonds is 3. The first-order valence-electron chi connectivity index (χ1n) is 6.88. The van der Waals surface area contributed by atoms with E-state index in [2.05, 4.69) is 4.99 Å². The highest BCUT2D eigenvalue weighted by Crippen LogP contribution is 2.30. The van der Waals surface area contributed by atoms with Crippen molar-refractivity contribution < 1.29 is 24.5 Å². The number of amidine groups is 1. The van der Waals surface area contributed by atoms with Gasteiger partial charge < -0.3 is 19.7 Å². The molecule has 0 aliphatic carbocycles. The molecule has 0 aromatic rings. The smallest absolute Gasteiger partial charge is 0.334 e. The van der Waals surface area contributed by atoms with E-state index in [0.29, 0.717) is 12.4 Å². The van der Waals surface area contributed by atoms with E-state index >= 15 is 0 Å². The average Bonchev–Trinajstić information content (AvgIpc) is 3.06. The van der Waals surface area contributed by atoms with Crippen LogP contribution in [0.4, 0.5) is 4.79 Å².